The molecule has 0 unspecified atom stereocenters. The van der Waals surface area contributed by atoms with Gasteiger partial charge in [0.1, 0.15) is 11.7 Å². The second-order valence-electron chi connectivity index (χ2n) is 5.00. The Bertz CT molecular complexity index is 738. The van der Waals surface area contributed by atoms with Gasteiger partial charge in [-0.15, -0.1) is 0 Å². The second kappa shape index (κ2) is 6.84. The van der Waals surface area contributed by atoms with Gasteiger partial charge in [0.25, 0.3) is 11.8 Å². The molecular weight excluding hydrogens is 316 g/mol. The van der Waals surface area contributed by atoms with Crippen molar-refractivity contribution in [3.8, 4) is 0 Å². The van der Waals surface area contributed by atoms with Crippen LogP contribution in [0.4, 0.5) is 0 Å². The van der Waals surface area contributed by atoms with Crippen LogP contribution in [0.3, 0.4) is 0 Å². The molecule has 2 aromatic rings. The first-order valence-electron chi connectivity index (χ1n) is 7.15. The van der Waals surface area contributed by atoms with E-state index in [2.05, 4.69) is 20.6 Å². The molecule has 23 heavy (non-hydrogen) atoms. The zero-order chi connectivity index (χ0) is 16.2. The largest absolute Gasteiger partial charge is 0.394 e. The molecule has 8 heteroatoms. The van der Waals surface area contributed by atoms with Crippen molar-refractivity contribution >= 4 is 39.6 Å². The Morgan fingerprint density at radius 1 is 1.39 bits per heavy atom. The zero-order valence-electron chi connectivity index (χ0n) is 12.2. The zero-order valence-corrected chi connectivity index (χ0v) is 13.0. The van der Waals surface area contributed by atoms with Crippen molar-refractivity contribution in [2.24, 2.45) is 4.99 Å². The van der Waals surface area contributed by atoms with E-state index < -0.39 is 24.5 Å². The molecule has 0 saturated carbocycles. The smallest absolute Gasteiger partial charge is 0.268 e. The monoisotopic (exact) mass is 332 g/mol. The highest BCUT2D eigenvalue weighted by Gasteiger charge is 2.23. The van der Waals surface area contributed by atoms with Crippen molar-refractivity contribution in [1.82, 2.24) is 15.6 Å². The van der Waals surface area contributed by atoms with Crippen molar-refractivity contribution in [2.45, 2.75) is 6.04 Å². The highest BCUT2D eigenvalue weighted by Crippen LogP contribution is 2.14. The fourth-order valence-corrected chi connectivity index (χ4v) is 2.96. The maximum absolute atomic E-state index is 12.3. The van der Waals surface area contributed by atoms with Gasteiger partial charge in [-0.3, -0.25) is 14.6 Å². The van der Waals surface area contributed by atoms with Crippen LogP contribution in [0.15, 0.2) is 35.3 Å². The van der Waals surface area contributed by atoms with Gasteiger partial charge < -0.3 is 20.7 Å². The van der Waals surface area contributed by atoms with Gasteiger partial charge in [0, 0.05) is 16.7 Å². The lowest BCUT2D eigenvalue weighted by Gasteiger charge is -2.15. The molecular formula is C15H16N4O3S. The molecule has 7 nitrogen and oxygen atoms in total. The summed E-state index contributed by atoms with van der Waals surface area (Å²) in [6.45, 7) is 0.168. The molecule has 1 aliphatic heterocycles. The van der Waals surface area contributed by atoms with E-state index in [4.69, 9.17) is 0 Å². The molecule has 0 fully saturated rings. The number of amides is 2. The highest BCUT2D eigenvalue weighted by molar-refractivity contribution is 8.14. The molecule has 1 atom stereocenters. The number of carbonyl (C=O) groups is 2. The first-order valence-corrected chi connectivity index (χ1v) is 8.13. The summed E-state index contributed by atoms with van der Waals surface area (Å²) in [6, 6.07) is 8.16. The quantitative estimate of drug-likeness (QED) is 0.653. The minimum absolute atomic E-state index is 0.338. The third-order valence-electron chi connectivity index (χ3n) is 3.39. The standard InChI is InChI=1S/C15H16N4O3S/c20-8-12(14(22)19-15-16-5-6-23-15)18-13(21)11-7-9-3-1-2-4-10(9)17-11/h1-4,7,12,17,20H,5-6,8H2,(H,18,21)(H,16,19,22)/t12-/m0/s1. The summed E-state index contributed by atoms with van der Waals surface area (Å²) in [6.07, 6.45) is 0. The summed E-state index contributed by atoms with van der Waals surface area (Å²) in [7, 11) is 0. The van der Waals surface area contributed by atoms with E-state index in [0.717, 1.165) is 16.7 Å². The number of nitrogens with one attached hydrogen (secondary N) is 3. The van der Waals surface area contributed by atoms with E-state index in [0.29, 0.717) is 17.4 Å². The molecule has 0 radical (unpaired) electrons. The molecule has 2 amide bonds. The van der Waals surface area contributed by atoms with Crippen molar-refractivity contribution in [3.63, 3.8) is 0 Å². The van der Waals surface area contributed by atoms with Gasteiger partial charge in [-0.05, 0) is 12.1 Å². The number of thioether (sulfide) groups is 1. The summed E-state index contributed by atoms with van der Waals surface area (Å²) in [4.78, 5) is 31.4. The SMILES string of the molecule is O=C(N[C@@H](CO)C(=O)NC1=NCCS1)c1cc2ccccc2[nH]1. The fraction of sp³-hybridized carbons (Fsp3) is 0.267. The Balaban J connectivity index is 1.67. The molecule has 120 valence electrons. The van der Waals surface area contributed by atoms with Gasteiger partial charge in [-0.25, -0.2) is 0 Å². The minimum Gasteiger partial charge on any atom is -0.394 e. The first kappa shape index (κ1) is 15.6. The van der Waals surface area contributed by atoms with E-state index >= 15 is 0 Å². The summed E-state index contributed by atoms with van der Waals surface area (Å²) in [5.41, 5.74) is 1.17. The van der Waals surface area contributed by atoms with Gasteiger partial charge >= 0.3 is 0 Å². The van der Waals surface area contributed by atoms with Crippen LogP contribution in [0.1, 0.15) is 10.5 Å². The van der Waals surface area contributed by atoms with E-state index in [1.54, 1.807) is 6.07 Å². The number of aliphatic hydroxyl groups is 1. The molecule has 0 aliphatic carbocycles. The van der Waals surface area contributed by atoms with Crippen LogP contribution in [0, 0.1) is 0 Å². The van der Waals surface area contributed by atoms with Crippen LogP contribution in [-0.2, 0) is 4.79 Å². The normalized spacial score (nSPS) is 15.3. The lowest BCUT2D eigenvalue weighted by molar-refractivity contribution is -0.122. The van der Waals surface area contributed by atoms with Crippen molar-refractivity contribution in [1.29, 1.82) is 0 Å². The van der Waals surface area contributed by atoms with Gasteiger partial charge in [0.2, 0.25) is 0 Å². The molecule has 2 heterocycles. The predicted octanol–water partition coefficient (Wildman–Crippen LogP) is 0.478. The predicted molar refractivity (Wildman–Crippen MR) is 89.5 cm³/mol. The third-order valence-corrected chi connectivity index (χ3v) is 4.29. The summed E-state index contributed by atoms with van der Waals surface area (Å²) >= 11 is 1.43. The number of nitrogens with zero attached hydrogens (tertiary/aromatic N) is 1. The Hall–Kier alpha value is -2.32. The minimum atomic E-state index is -1.03. The molecule has 3 rings (SSSR count). The van der Waals surface area contributed by atoms with Crippen LogP contribution in [0.5, 0.6) is 0 Å². The Kier molecular flexibility index (Phi) is 4.63. The number of fused-ring (bicyclic) bond motifs is 1. The number of rotatable bonds is 4. The van der Waals surface area contributed by atoms with Crippen LogP contribution in [-0.4, -0.2) is 52.0 Å². The van der Waals surface area contributed by atoms with E-state index in [-0.39, 0.29) is 0 Å². The topological polar surface area (TPSA) is 107 Å². The van der Waals surface area contributed by atoms with Gasteiger partial charge in [0.05, 0.1) is 13.2 Å². The molecule has 1 aromatic carbocycles. The van der Waals surface area contributed by atoms with E-state index in [9.17, 15) is 14.7 Å². The first-order chi connectivity index (χ1) is 11.2. The number of aliphatic hydroxyl groups excluding tert-OH is 1. The molecule has 0 bridgehead atoms. The van der Waals surface area contributed by atoms with Gasteiger partial charge in [-0.2, -0.15) is 0 Å². The number of aromatic nitrogens is 1. The average molecular weight is 332 g/mol. The number of benzene rings is 1. The molecule has 1 aromatic heterocycles. The van der Waals surface area contributed by atoms with Gasteiger partial charge in [-0.1, -0.05) is 30.0 Å². The number of hydrogen-bond donors (Lipinski definition) is 4. The number of aliphatic imine (C=N–C) groups is 1. The number of para-hydroxylation sites is 1. The summed E-state index contributed by atoms with van der Waals surface area (Å²) < 4.78 is 0. The third kappa shape index (κ3) is 3.54. The van der Waals surface area contributed by atoms with E-state index in [1.807, 2.05) is 24.3 Å². The van der Waals surface area contributed by atoms with Crippen LogP contribution < -0.4 is 10.6 Å². The Morgan fingerprint density at radius 3 is 2.91 bits per heavy atom. The molecule has 0 saturated heterocycles. The number of amidine groups is 1. The van der Waals surface area contributed by atoms with Crippen molar-refractivity contribution in [3.05, 3.63) is 36.0 Å². The Labute approximate surface area is 136 Å². The fourth-order valence-electron chi connectivity index (χ4n) is 2.23. The summed E-state index contributed by atoms with van der Waals surface area (Å²) in [5, 5.41) is 15.9. The van der Waals surface area contributed by atoms with Crippen LogP contribution in [0.2, 0.25) is 0 Å². The summed E-state index contributed by atoms with van der Waals surface area (Å²) in [5.74, 6) is -0.109. The van der Waals surface area contributed by atoms with E-state index in [1.165, 1.54) is 11.8 Å². The number of carbonyl (C=O) groups excluding carboxylic acids is 2. The van der Waals surface area contributed by atoms with Crippen LogP contribution >= 0.6 is 11.8 Å². The number of H-pyrrole nitrogens is 1. The Morgan fingerprint density at radius 2 is 2.22 bits per heavy atom. The maximum atomic E-state index is 12.3. The number of hydrogen-bond acceptors (Lipinski definition) is 5. The highest BCUT2D eigenvalue weighted by atomic mass is 32.2. The average Bonchev–Trinajstić information content (AvgIpc) is 3.20. The van der Waals surface area contributed by atoms with Crippen LogP contribution in [0.25, 0.3) is 10.9 Å². The lowest BCUT2D eigenvalue weighted by Crippen LogP contribution is -2.49. The molecule has 0 spiro atoms. The van der Waals surface area contributed by atoms with Crippen molar-refractivity contribution in [2.75, 3.05) is 18.9 Å². The van der Waals surface area contributed by atoms with Crippen molar-refractivity contribution < 1.29 is 14.7 Å². The lowest BCUT2D eigenvalue weighted by atomic mass is 10.2. The van der Waals surface area contributed by atoms with Gasteiger partial charge in [0.15, 0.2) is 5.17 Å². The molecule has 4 N–H and O–H groups in total. The number of aromatic amines is 1. The maximum Gasteiger partial charge on any atom is 0.268 e. The second-order valence-corrected chi connectivity index (χ2v) is 6.09. The molecule has 1 aliphatic rings.